The van der Waals surface area contributed by atoms with E-state index in [0.717, 1.165) is 10.4 Å². The Balaban J connectivity index is 1.70. The summed E-state index contributed by atoms with van der Waals surface area (Å²) in [4.78, 5) is 38.4. The standard InChI is InChI=1S/C25H25NO7S/c1-4-31-19-12-11-17(13-20(19)30-3)24(28)33-15-22(27)26-18-14-21(16-9-7-6-8-10-16)34-23(18)25(29)32-5-2/h6-14H,4-5,15H2,1-3H3,(H,26,27). The van der Waals surface area contributed by atoms with E-state index in [1.807, 2.05) is 37.3 Å². The van der Waals surface area contributed by atoms with Gasteiger partial charge in [0, 0.05) is 4.88 Å². The Kier molecular flexibility index (Phi) is 8.64. The summed E-state index contributed by atoms with van der Waals surface area (Å²) in [5.74, 6) is -0.945. The van der Waals surface area contributed by atoms with Crippen molar-refractivity contribution in [2.45, 2.75) is 13.8 Å². The van der Waals surface area contributed by atoms with Crippen LogP contribution in [0, 0.1) is 0 Å². The van der Waals surface area contributed by atoms with Crippen LogP contribution in [-0.2, 0) is 14.3 Å². The van der Waals surface area contributed by atoms with E-state index in [0.29, 0.717) is 23.8 Å². The summed E-state index contributed by atoms with van der Waals surface area (Å²) in [6.07, 6.45) is 0. The first-order chi connectivity index (χ1) is 16.5. The first kappa shape index (κ1) is 24.8. The minimum atomic E-state index is -0.697. The molecular weight excluding hydrogens is 458 g/mol. The molecule has 2 aromatic carbocycles. The van der Waals surface area contributed by atoms with Crippen molar-refractivity contribution in [3.05, 3.63) is 65.0 Å². The molecule has 0 atom stereocenters. The minimum Gasteiger partial charge on any atom is -0.493 e. The highest BCUT2D eigenvalue weighted by molar-refractivity contribution is 7.18. The summed E-state index contributed by atoms with van der Waals surface area (Å²) in [7, 11) is 1.46. The highest BCUT2D eigenvalue weighted by Crippen LogP contribution is 2.35. The van der Waals surface area contributed by atoms with Crippen molar-refractivity contribution < 1.29 is 33.3 Å². The van der Waals surface area contributed by atoms with Crippen molar-refractivity contribution in [1.29, 1.82) is 0 Å². The molecule has 0 fully saturated rings. The van der Waals surface area contributed by atoms with Crippen LogP contribution in [0.5, 0.6) is 11.5 Å². The van der Waals surface area contributed by atoms with E-state index >= 15 is 0 Å². The lowest BCUT2D eigenvalue weighted by Gasteiger charge is -2.11. The molecule has 9 heteroatoms. The number of rotatable bonds is 10. The Morgan fingerprint density at radius 3 is 2.32 bits per heavy atom. The molecule has 0 saturated heterocycles. The van der Waals surface area contributed by atoms with Gasteiger partial charge >= 0.3 is 11.9 Å². The Hall–Kier alpha value is -3.85. The van der Waals surface area contributed by atoms with Gasteiger partial charge in [0.15, 0.2) is 18.1 Å². The molecule has 8 nitrogen and oxygen atoms in total. The minimum absolute atomic E-state index is 0.202. The summed E-state index contributed by atoms with van der Waals surface area (Å²) in [5, 5.41) is 2.64. The van der Waals surface area contributed by atoms with Crippen LogP contribution < -0.4 is 14.8 Å². The molecule has 0 spiro atoms. The molecule has 0 aliphatic carbocycles. The van der Waals surface area contributed by atoms with E-state index in [4.69, 9.17) is 18.9 Å². The third-order valence-electron chi connectivity index (χ3n) is 4.56. The molecule has 1 heterocycles. The maximum absolute atomic E-state index is 12.5. The average molecular weight is 484 g/mol. The van der Waals surface area contributed by atoms with E-state index in [9.17, 15) is 14.4 Å². The molecule has 1 aromatic heterocycles. The fourth-order valence-electron chi connectivity index (χ4n) is 3.05. The number of hydrogen-bond acceptors (Lipinski definition) is 8. The van der Waals surface area contributed by atoms with Crippen LogP contribution in [0.25, 0.3) is 10.4 Å². The summed E-state index contributed by atoms with van der Waals surface area (Å²) in [6.45, 7) is 3.66. The Bertz CT molecular complexity index is 1160. The molecule has 0 aliphatic heterocycles. The third-order valence-corrected chi connectivity index (χ3v) is 5.72. The van der Waals surface area contributed by atoms with Crippen LogP contribution in [0.1, 0.15) is 33.9 Å². The maximum Gasteiger partial charge on any atom is 0.350 e. The Morgan fingerprint density at radius 2 is 1.65 bits per heavy atom. The van der Waals surface area contributed by atoms with Gasteiger partial charge in [0.2, 0.25) is 0 Å². The highest BCUT2D eigenvalue weighted by Gasteiger charge is 2.21. The largest absolute Gasteiger partial charge is 0.493 e. The summed E-state index contributed by atoms with van der Waals surface area (Å²) in [6, 6.07) is 15.8. The quantitative estimate of drug-likeness (QED) is 0.414. The van der Waals surface area contributed by atoms with Crippen LogP contribution in [0.4, 0.5) is 5.69 Å². The van der Waals surface area contributed by atoms with E-state index in [2.05, 4.69) is 5.32 Å². The monoisotopic (exact) mass is 483 g/mol. The number of ether oxygens (including phenoxy) is 4. The second kappa shape index (κ2) is 11.9. The number of benzene rings is 2. The summed E-state index contributed by atoms with van der Waals surface area (Å²) >= 11 is 1.21. The van der Waals surface area contributed by atoms with Crippen molar-refractivity contribution in [3.8, 4) is 21.9 Å². The zero-order valence-corrected chi connectivity index (χ0v) is 19.9. The summed E-state index contributed by atoms with van der Waals surface area (Å²) in [5.41, 5.74) is 1.41. The third kappa shape index (κ3) is 6.14. The molecule has 0 aliphatic rings. The highest BCUT2D eigenvalue weighted by atomic mass is 32.1. The fourth-order valence-corrected chi connectivity index (χ4v) is 4.06. The fraction of sp³-hybridized carbons (Fsp3) is 0.240. The SMILES string of the molecule is CCOC(=O)c1sc(-c2ccccc2)cc1NC(=O)COC(=O)c1ccc(OCC)c(OC)c1. The smallest absolute Gasteiger partial charge is 0.350 e. The number of esters is 2. The predicted molar refractivity (Wildman–Crippen MR) is 129 cm³/mol. The van der Waals surface area contributed by atoms with E-state index < -0.39 is 24.5 Å². The number of methoxy groups -OCH3 is 1. The number of anilines is 1. The van der Waals surface area contributed by atoms with Crippen LogP contribution in [0.3, 0.4) is 0 Å². The zero-order chi connectivity index (χ0) is 24.5. The molecule has 0 radical (unpaired) electrons. The molecule has 34 heavy (non-hydrogen) atoms. The first-order valence-electron chi connectivity index (χ1n) is 10.6. The molecule has 0 unspecified atom stereocenters. The molecule has 178 valence electrons. The number of nitrogens with one attached hydrogen (secondary N) is 1. The molecule has 3 rings (SSSR count). The molecule has 0 bridgehead atoms. The lowest BCUT2D eigenvalue weighted by Crippen LogP contribution is -2.21. The number of amides is 1. The van der Waals surface area contributed by atoms with Gasteiger partial charge < -0.3 is 24.3 Å². The summed E-state index contributed by atoms with van der Waals surface area (Å²) < 4.78 is 20.9. The lowest BCUT2D eigenvalue weighted by molar-refractivity contribution is -0.119. The normalized spacial score (nSPS) is 10.3. The molecule has 1 N–H and O–H groups in total. The second-order valence-electron chi connectivity index (χ2n) is 6.86. The van der Waals surface area contributed by atoms with Gasteiger partial charge in [-0.05, 0) is 43.7 Å². The predicted octanol–water partition coefficient (Wildman–Crippen LogP) is 4.79. The average Bonchev–Trinajstić information content (AvgIpc) is 3.27. The van der Waals surface area contributed by atoms with Crippen molar-refractivity contribution in [2.75, 3.05) is 32.2 Å². The van der Waals surface area contributed by atoms with Gasteiger partial charge in [-0.15, -0.1) is 11.3 Å². The van der Waals surface area contributed by atoms with Gasteiger partial charge in [-0.25, -0.2) is 9.59 Å². The van der Waals surface area contributed by atoms with Gasteiger partial charge in [-0.1, -0.05) is 30.3 Å². The van der Waals surface area contributed by atoms with Crippen LogP contribution in [0.15, 0.2) is 54.6 Å². The van der Waals surface area contributed by atoms with E-state index in [1.165, 1.54) is 30.6 Å². The van der Waals surface area contributed by atoms with Gasteiger partial charge in [0.25, 0.3) is 5.91 Å². The van der Waals surface area contributed by atoms with Crippen LogP contribution in [-0.4, -0.2) is 44.8 Å². The zero-order valence-electron chi connectivity index (χ0n) is 19.1. The van der Waals surface area contributed by atoms with Crippen molar-refractivity contribution in [2.24, 2.45) is 0 Å². The van der Waals surface area contributed by atoms with Gasteiger partial charge in [-0.2, -0.15) is 0 Å². The number of carbonyl (C=O) groups excluding carboxylic acids is 3. The molecule has 3 aromatic rings. The van der Waals surface area contributed by atoms with Gasteiger partial charge in [0.05, 0.1) is 31.6 Å². The number of hydrogen-bond donors (Lipinski definition) is 1. The first-order valence-corrected chi connectivity index (χ1v) is 11.4. The Labute approximate surface area is 201 Å². The van der Waals surface area contributed by atoms with Crippen molar-refractivity contribution in [1.82, 2.24) is 0 Å². The number of carbonyl (C=O) groups is 3. The number of thiophene rings is 1. The molecule has 1 amide bonds. The van der Waals surface area contributed by atoms with E-state index in [1.54, 1.807) is 19.1 Å². The topological polar surface area (TPSA) is 100 Å². The van der Waals surface area contributed by atoms with E-state index in [-0.39, 0.29) is 17.0 Å². The maximum atomic E-state index is 12.5. The second-order valence-corrected chi connectivity index (χ2v) is 7.92. The Morgan fingerprint density at radius 1 is 0.882 bits per heavy atom. The van der Waals surface area contributed by atoms with Crippen molar-refractivity contribution >= 4 is 34.9 Å². The van der Waals surface area contributed by atoms with Gasteiger partial charge in [0.1, 0.15) is 4.88 Å². The molecule has 0 saturated carbocycles. The van der Waals surface area contributed by atoms with Crippen LogP contribution in [0.2, 0.25) is 0 Å². The van der Waals surface area contributed by atoms with Gasteiger partial charge in [-0.3, -0.25) is 4.79 Å². The van der Waals surface area contributed by atoms with Crippen molar-refractivity contribution in [3.63, 3.8) is 0 Å². The van der Waals surface area contributed by atoms with Crippen LogP contribution >= 0.6 is 11.3 Å². The molecular formula is C25H25NO7S. The lowest BCUT2D eigenvalue weighted by atomic mass is 10.2.